The molecule has 3 rings (SSSR count). The second-order valence-electron chi connectivity index (χ2n) is 8.85. The third kappa shape index (κ3) is 6.32. The minimum atomic E-state index is -1.28. The summed E-state index contributed by atoms with van der Waals surface area (Å²) in [5.41, 5.74) is 1.76. The molecule has 0 aliphatic rings. The van der Waals surface area contributed by atoms with Crippen LogP contribution in [-0.4, -0.2) is 53.2 Å². The van der Waals surface area contributed by atoms with Crippen molar-refractivity contribution in [1.82, 2.24) is 14.5 Å². The van der Waals surface area contributed by atoms with E-state index < -0.39 is 14.0 Å². The second kappa shape index (κ2) is 11.1. The molecule has 0 unspecified atom stereocenters. The lowest BCUT2D eigenvalue weighted by Gasteiger charge is -2.16. The van der Waals surface area contributed by atoms with Crippen LogP contribution < -0.4 is 4.74 Å². The standard InChI is InChI=1S/C23H24ClN5O4SSi/c1-32-18-8-16(17(24)7-14(18)9-25)21-20-15(10-26)11-29(13-33-5-6-35(2,3)4)22(20)28-23(27-21)34-12-19(30)31/h7-8,11H,5-6,12-13H2,1-4H3,(H,30,31). The van der Waals surface area contributed by atoms with E-state index in [1.807, 2.05) is 6.07 Å². The Bertz CT molecular complexity index is 1360. The minimum absolute atomic E-state index is 0.173. The summed E-state index contributed by atoms with van der Waals surface area (Å²) in [5.74, 6) is -0.958. The van der Waals surface area contributed by atoms with Crippen molar-refractivity contribution in [3.05, 3.63) is 34.5 Å². The molecule has 0 saturated carbocycles. The number of benzene rings is 1. The van der Waals surface area contributed by atoms with Gasteiger partial charge in [-0.1, -0.05) is 43.0 Å². The Balaban J connectivity index is 2.18. The highest BCUT2D eigenvalue weighted by Crippen LogP contribution is 2.38. The fourth-order valence-corrected chi connectivity index (χ4v) is 4.84. The average molecular weight is 530 g/mol. The number of halogens is 1. The monoisotopic (exact) mass is 529 g/mol. The number of aromatic nitrogens is 3. The van der Waals surface area contributed by atoms with Crippen molar-refractivity contribution >= 4 is 48.4 Å². The molecule has 0 amide bonds. The summed E-state index contributed by atoms with van der Waals surface area (Å²) < 4.78 is 12.9. The summed E-state index contributed by atoms with van der Waals surface area (Å²) in [5, 5.41) is 29.3. The highest BCUT2D eigenvalue weighted by Gasteiger charge is 2.22. The van der Waals surface area contributed by atoms with E-state index in [0.717, 1.165) is 17.8 Å². The zero-order chi connectivity index (χ0) is 25.8. The van der Waals surface area contributed by atoms with Gasteiger partial charge in [-0.25, -0.2) is 9.97 Å². The van der Waals surface area contributed by atoms with E-state index in [1.165, 1.54) is 13.2 Å². The van der Waals surface area contributed by atoms with E-state index in [4.69, 9.17) is 26.2 Å². The summed E-state index contributed by atoms with van der Waals surface area (Å²) in [6, 6.07) is 8.24. The summed E-state index contributed by atoms with van der Waals surface area (Å²) in [6.45, 7) is 7.53. The third-order valence-electron chi connectivity index (χ3n) is 5.03. The Morgan fingerprint density at radius 3 is 2.54 bits per heavy atom. The molecule has 1 aromatic carbocycles. The molecule has 0 fully saturated rings. The van der Waals surface area contributed by atoms with Crippen molar-refractivity contribution in [3.63, 3.8) is 0 Å². The lowest BCUT2D eigenvalue weighted by atomic mass is 10.0. The third-order valence-corrected chi connectivity index (χ3v) is 7.88. The highest BCUT2D eigenvalue weighted by atomic mass is 35.5. The largest absolute Gasteiger partial charge is 0.495 e. The Morgan fingerprint density at radius 1 is 1.23 bits per heavy atom. The molecule has 0 spiro atoms. The Hall–Kier alpha value is -3.09. The van der Waals surface area contributed by atoms with Crippen LogP contribution in [0.1, 0.15) is 11.1 Å². The first-order chi connectivity index (χ1) is 16.6. The number of carbonyl (C=O) groups is 1. The van der Waals surface area contributed by atoms with Crippen LogP contribution in [0.25, 0.3) is 22.3 Å². The number of rotatable bonds is 10. The van der Waals surface area contributed by atoms with Gasteiger partial charge in [-0.3, -0.25) is 4.79 Å². The number of nitrogens with zero attached hydrogens (tertiary/aromatic N) is 5. The van der Waals surface area contributed by atoms with Gasteiger partial charge in [0.05, 0.1) is 40.1 Å². The number of aliphatic carboxylic acids is 1. The van der Waals surface area contributed by atoms with E-state index >= 15 is 0 Å². The number of thioether (sulfide) groups is 1. The van der Waals surface area contributed by atoms with Gasteiger partial charge in [0.25, 0.3) is 0 Å². The fourth-order valence-electron chi connectivity index (χ4n) is 3.27. The van der Waals surface area contributed by atoms with Crippen LogP contribution in [0.15, 0.2) is 23.5 Å². The molecule has 2 heterocycles. The number of hydrogen-bond donors (Lipinski definition) is 1. The van der Waals surface area contributed by atoms with Crippen molar-refractivity contribution in [2.45, 2.75) is 37.6 Å². The summed E-state index contributed by atoms with van der Waals surface area (Å²) in [4.78, 5) is 20.3. The number of methoxy groups -OCH3 is 1. The maximum atomic E-state index is 11.2. The smallest absolute Gasteiger partial charge is 0.313 e. The SMILES string of the molecule is COc1cc(-c2nc(SCC(=O)O)nc3c2c(C#N)cn3COCC[Si](C)(C)C)c(Cl)cc1C#N. The normalized spacial score (nSPS) is 11.3. The van der Waals surface area contributed by atoms with Crippen LogP contribution in [0.3, 0.4) is 0 Å². The topological polar surface area (TPSA) is 134 Å². The van der Waals surface area contributed by atoms with Crippen LogP contribution in [-0.2, 0) is 16.3 Å². The van der Waals surface area contributed by atoms with E-state index in [0.29, 0.717) is 40.2 Å². The molecule has 2 aromatic heterocycles. The Labute approximate surface area is 213 Å². The van der Waals surface area contributed by atoms with E-state index in [2.05, 4.69) is 35.7 Å². The molecule has 9 nitrogen and oxygen atoms in total. The molecule has 12 heteroatoms. The lowest BCUT2D eigenvalue weighted by molar-refractivity contribution is -0.133. The summed E-state index contributed by atoms with van der Waals surface area (Å²) in [7, 11) is 0.159. The molecular weight excluding hydrogens is 506 g/mol. The number of fused-ring (bicyclic) bond motifs is 1. The lowest BCUT2D eigenvalue weighted by Crippen LogP contribution is -2.22. The van der Waals surface area contributed by atoms with Gasteiger partial charge < -0.3 is 19.1 Å². The molecule has 0 bridgehead atoms. The summed E-state index contributed by atoms with van der Waals surface area (Å²) >= 11 is 7.47. The molecule has 35 heavy (non-hydrogen) atoms. The van der Waals surface area contributed by atoms with Crippen LogP contribution in [0, 0.1) is 22.7 Å². The average Bonchev–Trinajstić information content (AvgIpc) is 3.17. The van der Waals surface area contributed by atoms with Crippen molar-refractivity contribution in [1.29, 1.82) is 10.5 Å². The summed E-state index contributed by atoms with van der Waals surface area (Å²) in [6.07, 6.45) is 1.64. The molecular formula is C23H24ClN5O4SSi. The maximum absolute atomic E-state index is 11.2. The van der Waals surface area contributed by atoms with Crippen LogP contribution >= 0.6 is 23.4 Å². The first kappa shape index (κ1) is 26.5. The van der Waals surface area contributed by atoms with Crippen molar-refractivity contribution < 1.29 is 19.4 Å². The van der Waals surface area contributed by atoms with Gasteiger partial charge in [0.1, 0.15) is 30.3 Å². The van der Waals surface area contributed by atoms with Crippen LogP contribution in [0.2, 0.25) is 30.7 Å². The van der Waals surface area contributed by atoms with Gasteiger partial charge >= 0.3 is 5.97 Å². The second-order valence-corrected chi connectivity index (χ2v) is 15.8. The molecule has 0 aliphatic heterocycles. The zero-order valence-electron chi connectivity index (χ0n) is 19.8. The van der Waals surface area contributed by atoms with Gasteiger partial charge in [0, 0.05) is 26.4 Å². The number of hydrogen-bond acceptors (Lipinski definition) is 8. The van der Waals surface area contributed by atoms with E-state index in [1.54, 1.807) is 16.8 Å². The van der Waals surface area contributed by atoms with Crippen molar-refractivity contribution in [2.24, 2.45) is 0 Å². The van der Waals surface area contributed by atoms with Gasteiger partial charge in [0.15, 0.2) is 5.16 Å². The van der Waals surface area contributed by atoms with E-state index in [-0.39, 0.29) is 28.2 Å². The number of carboxylic acids is 1. The first-order valence-electron chi connectivity index (χ1n) is 10.6. The predicted octanol–water partition coefficient (Wildman–Crippen LogP) is 4.99. The molecule has 0 aliphatic carbocycles. The van der Waals surface area contributed by atoms with Gasteiger partial charge in [0.2, 0.25) is 0 Å². The van der Waals surface area contributed by atoms with Crippen LogP contribution in [0.5, 0.6) is 5.75 Å². The molecule has 182 valence electrons. The maximum Gasteiger partial charge on any atom is 0.313 e. The highest BCUT2D eigenvalue weighted by molar-refractivity contribution is 7.99. The molecule has 3 aromatic rings. The van der Waals surface area contributed by atoms with Gasteiger partial charge in [-0.15, -0.1) is 0 Å². The van der Waals surface area contributed by atoms with Gasteiger partial charge in [-0.2, -0.15) is 10.5 Å². The molecule has 0 atom stereocenters. The van der Waals surface area contributed by atoms with E-state index in [9.17, 15) is 15.3 Å². The van der Waals surface area contributed by atoms with Crippen LogP contribution in [0.4, 0.5) is 0 Å². The number of carboxylic acid groups (broad SMARTS) is 1. The molecule has 1 N–H and O–H groups in total. The Morgan fingerprint density at radius 2 is 1.94 bits per heavy atom. The Kier molecular flexibility index (Phi) is 8.41. The zero-order valence-corrected chi connectivity index (χ0v) is 22.3. The van der Waals surface area contributed by atoms with Gasteiger partial charge in [-0.05, 0) is 18.2 Å². The minimum Gasteiger partial charge on any atom is -0.495 e. The number of ether oxygens (including phenoxy) is 2. The quantitative estimate of drug-likeness (QED) is 0.167. The van der Waals surface area contributed by atoms with Crippen molar-refractivity contribution in [3.8, 4) is 29.1 Å². The molecule has 0 radical (unpaired) electrons. The first-order valence-corrected chi connectivity index (χ1v) is 15.7. The number of nitriles is 2. The predicted molar refractivity (Wildman–Crippen MR) is 136 cm³/mol. The van der Waals surface area contributed by atoms with Crippen molar-refractivity contribution in [2.75, 3.05) is 19.5 Å². The molecule has 0 saturated heterocycles. The fraction of sp³-hybridized carbons (Fsp3) is 0.348.